The molecule has 0 amide bonds. The van der Waals surface area contributed by atoms with Crippen LogP contribution in [0.3, 0.4) is 0 Å². The van der Waals surface area contributed by atoms with Gasteiger partial charge in [0.05, 0.1) is 0 Å². The van der Waals surface area contributed by atoms with Crippen molar-refractivity contribution in [3.63, 3.8) is 0 Å². The molecule has 1 atom stereocenters. The summed E-state index contributed by atoms with van der Waals surface area (Å²) in [4.78, 5) is 0. The highest BCUT2D eigenvalue weighted by Gasteiger charge is 2.23. The summed E-state index contributed by atoms with van der Waals surface area (Å²) in [5.41, 5.74) is 2.93. The summed E-state index contributed by atoms with van der Waals surface area (Å²) < 4.78 is 0. The fourth-order valence-electron chi connectivity index (χ4n) is 3.35. The van der Waals surface area contributed by atoms with E-state index < -0.39 is 0 Å². The van der Waals surface area contributed by atoms with Crippen molar-refractivity contribution in [1.82, 2.24) is 0 Å². The molecular weight excluding hydrogens is 194 g/mol. The first kappa shape index (κ1) is 10.2. The predicted molar refractivity (Wildman–Crippen MR) is 68.9 cm³/mol. The van der Waals surface area contributed by atoms with Crippen LogP contribution in [0, 0.1) is 5.92 Å². The number of hydrogen-bond donors (Lipinski definition) is 1. The lowest BCUT2D eigenvalue weighted by atomic mass is 9.91. The summed E-state index contributed by atoms with van der Waals surface area (Å²) >= 11 is 0. The zero-order valence-electron chi connectivity index (χ0n) is 9.91. The summed E-state index contributed by atoms with van der Waals surface area (Å²) in [6.07, 6.45) is 8.76. The Hall–Kier alpha value is -0.980. The lowest BCUT2D eigenvalue weighted by Crippen LogP contribution is -2.04. The van der Waals surface area contributed by atoms with Gasteiger partial charge in [-0.05, 0) is 30.4 Å². The Morgan fingerprint density at radius 3 is 2.75 bits per heavy atom. The van der Waals surface area contributed by atoms with Crippen LogP contribution in [0.5, 0.6) is 0 Å². The van der Waals surface area contributed by atoms with Crippen molar-refractivity contribution in [3.05, 3.63) is 29.8 Å². The van der Waals surface area contributed by atoms with E-state index in [1.807, 2.05) is 0 Å². The number of para-hydroxylation sites is 1. The second-order valence-electron chi connectivity index (χ2n) is 5.39. The SMILES string of the molecule is c1ccc2c(c1)NCC2CCC1CCCC1. The fourth-order valence-corrected chi connectivity index (χ4v) is 3.35. The highest BCUT2D eigenvalue weighted by Crippen LogP contribution is 2.37. The van der Waals surface area contributed by atoms with E-state index in [9.17, 15) is 0 Å². The van der Waals surface area contributed by atoms with Crippen LogP contribution in [0.25, 0.3) is 0 Å². The van der Waals surface area contributed by atoms with Crippen LogP contribution in [0.1, 0.15) is 50.0 Å². The maximum Gasteiger partial charge on any atom is 0.0376 e. The lowest BCUT2D eigenvalue weighted by Gasteiger charge is -2.13. The van der Waals surface area contributed by atoms with Crippen molar-refractivity contribution >= 4 is 5.69 Å². The number of anilines is 1. The molecule has 1 aromatic carbocycles. The number of fused-ring (bicyclic) bond motifs is 1. The van der Waals surface area contributed by atoms with E-state index in [1.54, 1.807) is 5.56 Å². The fraction of sp³-hybridized carbons (Fsp3) is 0.600. The standard InChI is InChI=1S/C15H21N/c1-2-6-12(5-1)9-10-13-11-16-15-8-4-3-7-14(13)15/h3-4,7-8,12-13,16H,1-2,5-6,9-11H2. The first-order chi connectivity index (χ1) is 7.93. The van der Waals surface area contributed by atoms with Crippen LogP contribution in [-0.4, -0.2) is 6.54 Å². The molecule has 0 radical (unpaired) electrons. The average Bonchev–Trinajstić information content (AvgIpc) is 2.96. The summed E-state index contributed by atoms with van der Waals surface area (Å²) in [6, 6.07) is 8.82. The lowest BCUT2D eigenvalue weighted by molar-refractivity contribution is 0.459. The molecule has 2 aliphatic rings. The van der Waals surface area contributed by atoms with E-state index in [4.69, 9.17) is 0 Å². The molecule has 0 spiro atoms. The summed E-state index contributed by atoms with van der Waals surface area (Å²) in [6.45, 7) is 1.16. The molecule has 16 heavy (non-hydrogen) atoms. The van der Waals surface area contributed by atoms with E-state index in [-0.39, 0.29) is 0 Å². The van der Waals surface area contributed by atoms with Gasteiger partial charge in [0.25, 0.3) is 0 Å². The molecule has 0 bridgehead atoms. The van der Waals surface area contributed by atoms with Crippen LogP contribution < -0.4 is 5.32 Å². The Morgan fingerprint density at radius 2 is 1.88 bits per heavy atom. The minimum atomic E-state index is 0.775. The van der Waals surface area contributed by atoms with Crippen molar-refractivity contribution in [1.29, 1.82) is 0 Å². The van der Waals surface area contributed by atoms with Gasteiger partial charge >= 0.3 is 0 Å². The number of hydrogen-bond acceptors (Lipinski definition) is 1. The second kappa shape index (κ2) is 4.48. The van der Waals surface area contributed by atoms with E-state index in [0.717, 1.165) is 18.4 Å². The molecule has 1 saturated carbocycles. The zero-order chi connectivity index (χ0) is 10.8. The van der Waals surface area contributed by atoms with Crippen LogP contribution in [0.15, 0.2) is 24.3 Å². The van der Waals surface area contributed by atoms with Gasteiger partial charge in [-0.1, -0.05) is 43.9 Å². The maximum absolute atomic E-state index is 3.53. The molecular formula is C15H21N. The average molecular weight is 215 g/mol. The van der Waals surface area contributed by atoms with Crippen LogP contribution in [-0.2, 0) is 0 Å². The van der Waals surface area contributed by atoms with Crippen molar-refractivity contribution in [2.45, 2.75) is 44.4 Å². The van der Waals surface area contributed by atoms with Gasteiger partial charge in [-0.25, -0.2) is 0 Å². The van der Waals surface area contributed by atoms with Gasteiger partial charge in [0, 0.05) is 18.2 Å². The molecule has 1 unspecified atom stereocenters. The second-order valence-corrected chi connectivity index (χ2v) is 5.39. The van der Waals surface area contributed by atoms with Crippen molar-refractivity contribution in [2.75, 3.05) is 11.9 Å². The van der Waals surface area contributed by atoms with Crippen LogP contribution in [0.4, 0.5) is 5.69 Å². The molecule has 1 aliphatic heterocycles. The van der Waals surface area contributed by atoms with Gasteiger partial charge in [-0.2, -0.15) is 0 Å². The third-order valence-electron chi connectivity index (χ3n) is 4.34. The van der Waals surface area contributed by atoms with Crippen LogP contribution >= 0.6 is 0 Å². The van der Waals surface area contributed by atoms with E-state index in [0.29, 0.717) is 0 Å². The van der Waals surface area contributed by atoms with Crippen molar-refractivity contribution in [3.8, 4) is 0 Å². The Kier molecular flexibility index (Phi) is 2.86. The molecule has 3 rings (SSSR count). The molecule has 1 heterocycles. The Bertz CT molecular complexity index is 352. The molecule has 1 heteroatoms. The van der Waals surface area contributed by atoms with Gasteiger partial charge in [0.1, 0.15) is 0 Å². The molecule has 0 aromatic heterocycles. The zero-order valence-corrected chi connectivity index (χ0v) is 9.91. The molecule has 1 N–H and O–H groups in total. The molecule has 1 aliphatic carbocycles. The largest absolute Gasteiger partial charge is 0.384 e. The summed E-state index contributed by atoms with van der Waals surface area (Å²) in [5.74, 6) is 1.81. The van der Waals surface area contributed by atoms with E-state index in [2.05, 4.69) is 29.6 Å². The predicted octanol–water partition coefficient (Wildman–Crippen LogP) is 4.17. The van der Waals surface area contributed by atoms with Gasteiger partial charge in [0.2, 0.25) is 0 Å². The number of rotatable bonds is 3. The molecule has 1 fully saturated rings. The molecule has 1 nitrogen and oxygen atoms in total. The normalized spacial score (nSPS) is 24.4. The highest BCUT2D eigenvalue weighted by atomic mass is 14.9. The smallest absolute Gasteiger partial charge is 0.0376 e. The van der Waals surface area contributed by atoms with Crippen molar-refractivity contribution < 1.29 is 0 Å². The quantitative estimate of drug-likeness (QED) is 0.798. The third kappa shape index (κ3) is 1.95. The minimum absolute atomic E-state index is 0.775. The summed E-state index contributed by atoms with van der Waals surface area (Å²) in [5, 5.41) is 3.53. The van der Waals surface area contributed by atoms with Gasteiger partial charge < -0.3 is 5.32 Å². The van der Waals surface area contributed by atoms with E-state index >= 15 is 0 Å². The molecule has 86 valence electrons. The monoisotopic (exact) mass is 215 g/mol. The Balaban J connectivity index is 1.60. The number of nitrogens with one attached hydrogen (secondary N) is 1. The topological polar surface area (TPSA) is 12.0 Å². The summed E-state index contributed by atoms with van der Waals surface area (Å²) in [7, 11) is 0. The maximum atomic E-state index is 3.53. The third-order valence-corrected chi connectivity index (χ3v) is 4.34. The van der Waals surface area contributed by atoms with E-state index in [1.165, 1.54) is 44.2 Å². The van der Waals surface area contributed by atoms with Gasteiger partial charge in [-0.3, -0.25) is 0 Å². The number of benzene rings is 1. The minimum Gasteiger partial charge on any atom is -0.384 e. The van der Waals surface area contributed by atoms with Crippen molar-refractivity contribution in [2.24, 2.45) is 5.92 Å². The Morgan fingerprint density at radius 1 is 1.06 bits per heavy atom. The first-order valence-corrected chi connectivity index (χ1v) is 6.76. The highest BCUT2D eigenvalue weighted by molar-refractivity contribution is 5.57. The molecule has 1 aromatic rings. The Labute approximate surface area is 98.3 Å². The first-order valence-electron chi connectivity index (χ1n) is 6.76. The van der Waals surface area contributed by atoms with Crippen LogP contribution in [0.2, 0.25) is 0 Å². The molecule has 0 saturated heterocycles. The van der Waals surface area contributed by atoms with Gasteiger partial charge in [-0.15, -0.1) is 0 Å². The van der Waals surface area contributed by atoms with Gasteiger partial charge in [0.15, 0.2) is 0 Å².